The minimum atomic E-state index is -0.598. The standard InChI is InChI=1S/C15H24N4O3/c1-15(2,3)22-14(21)18-9-5-8-17-11-6-4-7-12(10-11)19-13(16)20/h4,6-7,10,17H,5,8-9H2,1-3H3,(H,18,21)(H3,16,19,20). The fraction of sp³-hybridized carbons (Fsp3) is 0.467. The summed E-state index contributed by atoms with van der Waals surface area (Å²) in [6.07, 6.45) is 0.326. The van der Waals surface area contributed by atoms with Crippen molar-refractivity contribution in [2.45, 2.75) is 32.8 Å². The predicted molar refractivity (Wildman–Crippen MR) is 87.0 cm³/mol. The lowest BCUT2D eigenvalue weighted by Gasteiger charge is -2.19. The molecule has 7 nitrogen and oxygen atoms in total. The van der Waals surface area contributed by atoms with E-state index in [1.54, 1.807) is 12.1 Å². The smallest absolute Gasteiger partial charge is 0.407 e. The summed E-state index contributed by atoms with van der Waals surface area (Å²) < 4.78 is 5.13. The molecule has 0 aliphatic rings. The van der Waals surface area contributed by atoms with Gasteiger partial charge in [0.25, 0.3) is 0 Å². The van der Waals surface area contributed by atoms with Crippen LogP contribution in [0.15, 0.2) is 24.3 Å². The van der Waals surface area contributed by atoms with Gasteiger partial charge >= 0.3 is 12.1 Å². The molecule has 1 aromatic carbocycles. The molecule has 0 atom stereocenters. The Labute approximate surface area is 130 Å². The van der Waals surface area contributed by atoms with E-state index in [0.717, 1.165) is 12.1 Å². The van der Waals surface area contributed by atoms with Crippen LogP contribution in [-0.2, 0) is 4.74 Å². The van der Waals surface area contributed by atoms with Gasteiger partial charge in [0.2, 0.25) is 0 Å². The van der Waals surface area contributed by atoms with E-state index in [0.29, 0.717) is 18.8 Å². The molecule has 1 rings (SSSR count). The number of alkyl carbamates (subject to hydrolysis) is 1. The molecule has 0 spiro atoms. The number of ether oxygens (including phenoxy) is 1. The number of amides is 3. The van der Waals surface area contributed by atoms with Gasteiger partial charge in [0.15, 0.2) is 0 Å². The highest BCUT2D eigenvalue weighted by Gasteiger charge is 2.15. The van der Waals surface area contributed by atoms with Crippen molar-refractivity contribution in [1.29, 1.82) is 0 Å². The van der Waals surface area contributed by atoms with Crippen molar-refractivity contribution in [2.75, 3.05) is 23.7 Å². The summed E-state index contributed by atoms with van der Waals surface area (Å²) in [5, 5.41) is 8.39. The molecule has 0 fully saturated rings. The van der Waals surface area contributed by atoms with Crippen LogP contribution < -0.4 is 21.7 Å². The van der Waals surface area contributed by atoms with Crippen molar-refractivity contribution in [2.24, 2.45) is 5.73 Å². The number of hydrogen-bond donors (Lipinski definition) is 4. The maximum atomic E-state index is 11.4. The second-order valence-corrected chi connectivity index (χ2v) is 5.78. The Bertz CT molecular complexity index is 512. The van der Waals surface area contributed by atoms with Gasteiger partial charge in [0, 0.05) is 24.5 Å². The highest BCUT2D eigenvalue weighted by Crippen LogP contribution is 2.14. The zero-order valence-corrected chi connectivity index (χ0v) is 13.2. The number of nitrogens with one attached hydrogen (secondary N) is 3. The number of urea groups is 1. The van der Waals surface area contributed by atoms with Crippen molar-refractivity contribution in [1.82, 2.24) is 5.32 Å². The highest BCUT2D eigenvalue weighted by atomic mass is 16.6. The van der Waals surface area contributed by atoms with Crippen molar-refractivity contribution in [3.8, 4) is 0 Å². The zero-order chi connectivity index (χ0) is 16.6. The van der Waals surface area contributed by atoms with E-state index in [2.05, 4.69) is 16.0 Å². The molecule has 0 saturated heterocycles. The van der Waals surface area contributed by atoms with Crippen molar-refractivity contribution >= 4 is 23.5 Å². The van der Waals surface area contributed by atoms with E-state index < -0.39 is 17.7 Å². The molecule has 0 radical (unpaired) electrons. The Morgan fingerprint density at radius 1 is 1.18 bits per heavy atom. The minimum absolute atomic E-state index is 0.417. The quantitative estimate of drug-likeness (QED) is 0.606. The molecule has 7 heteroatoms. The first-order valence-electron chi connectivity index (χ1n) is 7.13. The first-order chi connectivity index (χ1) is 10.3. The van der Waals surface area contributed by atoms with Gasteiger partial charge in [-0.05, 0) is 45.4 Å². The van der Waals surface area contributed by atoms with E-state index in [9.17, 15) is 9.59 Å². The summed E-state index contributed by atoms with van der Waals surface area (Å²) in [5.41, 5.74) is 6.07. The zero-order valence-electron chi connectivity index (χ0n) is 13.2. The van der Waals surface area contributed by atoms with E-state index in [4.69, 9.17) is 10.5 Å². The molecule has 5 N–H and O–H groups in total. The molecule has 0 bridgehead atoms. The second kappa shape index (κ2) is 8.11. The maximum Gasteiger partial charge on any atom is 0.407 e. The predicted octanol–water partition coefficient (Wildman–Crippen LogP) is 2.50. The Morgan fingerprint density at radius 2 is 1.86 bits per heavy atom. The number of benzene rings is 1. The summed E-state index contributed by atoms with van der Waals surface area (Å²) >= 11 is 0. The van der Waals surface area contributed by atoms with Crippen LogP contribution in [0.3, 0.4) is 0 Å². The van der Waals surface area contributed by atoms with Gasteiger partial charge in [-0.1, -0.05) is 6.07 Å². The van der Waals surface area contributed by atoms with Crippen LogP contribution in [0.2, 0.25) is 0 Å². The topological polar surface area (TPSA) is 105 Å². The van der Waals surface area contributed by atoms with Gasteiger partial charge in [-0.3, -0.25) is 0 Å². The number of nitrogens with two attached hydrogens (primary N) is 1. The summed E-state index contributed by atoms with van der Waals surface area (Å²) in [6.45, 7) is 6.65. The van der Waals surface area contributed by atoms with Gasteiger partial charge in [0.05, 0.1) is 0 Å². The number of anilines is 2. The third-order valence-electron chi connectivity index (χ3n) is 2.48. The van der Waals surface area contributed by atoms with Crippen LogP contribution in [0.5, 0.6) is 0 Å². The Hall–Kier alpha value is -2.44. The molecule has 0 aliphatic carbocycles. The normalized spacial score (nSPS) is 10.7. The lowest BCUT2D eigenvalue weighted by Crippen LogP contribution is -2.33. The van der Waals surface area contributed by atoms with Gasteiger partial charge in [-0.25, -0.2) is 9.59 Å². The Morgan fingerprint density at radius 3 is 2.50 bits per heavy atom. The molecule has 1 aromatic rings. The average molecular weight is 308 g/mol. The minimum Gasteiger partial charge on any atom is -0.444 e. The number of carbonyl (C=O) groups is 2. The van der Waals surface area contributed by atoms with Crippen LogP contribution in [0.4, 0.5) is 21.0 Å². The Kier molecular flexibility index (Phi) is 6.49. The summed E-state index contributed by atoms with van der Waals surface area (Å²) in [4.78, 5) is 22.2. The van der Waals surface area contributed by atoms with Crippen molar-refractivity contribution < 1.29 is 14.3 Å². The molecule has 122 valence electrons. The van der Waals surface area contributed by atoms with Gasteiger partial charge < -0.3 is 26.4 Å². The number of primary amides is 1. The summed E-state index contributed by atoms with van der Waals surface area (Å²) in [6, 6.07) is 6.63. The van der Waals surface area contributed by atoms with Crippen molar-refractivity contribution in [3.63, 3.8) is 0 Å². The maximum absolute atomic E-state index is 11.4. The number of carbonyl (C=O) groups excluding carboxylic acids is 2. The fourth-order valence-electron chi connectivity index (χ4n) is 1.67. The highest BCUT2D eigenvalue weighted by molar-refractivity contribution is 5.88. The van der Waals surface area contributed by atoms with Gasteiger partial charge in [-0.2, -0.15) is 0 Å². The molecule has 0 aromatic heterocycles. The monoisotopic (exact) mass is 308 g/mol. The number of hydrogen-bond acceptors (Lipinski definition) is 4. The lowest BCUT2D eigenvalue weighted by atomic mass is 10.2. The number of rotatable bonds is 6. The molecule has 0 unspecified atom stereocenters. The molecule has 22 heavy (non-hydrogen) atoms. The summed E-state index contributed by atoms with van der Waals surface area (Å²) in [7, 11) is 0. The molecular formula is C15H24N4O3. The third kappa shape index (κ3) is 7.98. The molecular weight excluding hydrogens is 284 g/mol. The van der Waals surface area contributed by atoms with Crippen LogP contribution in [-0.4, -0.2) is 30.8 Å². The first kappa shape index (κ1) is 17.6. The average Bonchev–Trinajstić information content (AvgIpc) is 2.35. The van der Waals surface area contributed by atoms with Crippen LogP contribution in [0.1, 0.15) is 27.2 Å². The van der Waals surface area contributed by atoms with Crippen molar-refractivity contribution in [3.05, 3.63) is 24.3 Å². The van der Waals surface area contributed by atoms with Crippen LogP contribution in [0, 0.1) is 0 Å². The largest absolute Gasteiger partial charge is 0.444 e. The van der Waals surface area contributed by atoms with E-state index in [1.165, 1.54) is 0 Å². The Balaban J connectivity index is 2.25. The lowest BCUT2D eigenvalue weighted by molar-refractivity contribution is 0.0527. The van der Waals surface area contributed by atoms with Crippen LogP contribution >= 0.6 is 0 Å². The van der Waals surface area contributed by atoms with Crippen LogP contribution in [0.25, 0.3) is 0 Å². The second-order valence-electron chi connectivity index (χ2n) is 5.78. The molecule has 0 heterocycles. The van der Waals surface area contributed by atoms with Gasteiger partial charge in [0.1, 0.15) is 5.60 Å². The molecule has 3 amide bonds. The fourth-order valence-corrected chi connectivity index (χ4v) is 1.67. The molecule has 0 aliphatic heterocycles. The first-order valence-corrected chi connectivity index (χ1v) is 7.13. The van der Waals surface area contributed by atoms with Gasteiger partial charge in [-0.15, -0.1) is 0 Å². The third-order valence-corrected chi connectivity index (χ3v) is 2.48. The van der Waals surface area contributed by atoms with E-state index in [1.807, 2.05) is 32.9 Å². The van der Waals surface area contributed by atoms with E-state index >= 15 is 0 Å². The molecule has 0 saturated carbocycles. The van der Waals surface area contributed by atoms with E-state index in [-0.39, 0.29) is 0 Å². The summed E-state index contributed by atoms with van der Waals surface area (Å²) in [5.74, 6) is 0. The SMILES string of the molecule is CC(C)(C)OC(=O)NCCCNc1cccc(NC(N)=O)c1.